The Morgan fingerprint density at radius 1 is 1.20 bits per heavy atom. The summed E-state index contributed by atoms with van der Waals surface area (Å²) in [5.41, 5.74) is 0. The average molecular weight is 290 g/mol. The van der Waals surface area contributed by atoms with Crippen LogP contribution in [0.25, 0.3) is 0 Å². The molecule has 4 bridgehead atoms. The Bertz CT molecular complexity index is 414. The van der Waals surface area contributed by atoms with Crippen LogP contribution in [-0.4, -0.2) is 17.6 Å². The van der Waals surface area contributed by atoms with E-state index in [1.54, 1.807) is 6.42 Å². The van der Waals surface area contributed by atoms with Crippen LogP contribution in [-0.2, 0) is 6.42 Å². The first-order valence-corrected chi connectivity index (χ1v) is 9.33. The molecule has 0 saturated heterocycles. The van der Waals surface area contributed by atoms with Crippen molar-refractivity contribution in [1.29, 1.82) is 0 Å². The SMILES string of the molecule is CCNC(Cc1nccs1)C1C2CC3CC(C2)CC1C3. The van der Waals surface area contributed by atoms with Gasteiger partial charge < -0.3 is 5.32 Å². The normalized spacial score (nSPS) is 40.1. The Balaban J connectivity index is 1.53. The lowest BCUT2D eigenvalue weighted by molar-refractivity contribution is -0.0515. The Labute approximate surface area is 126 Å². The smallest absolute Gasteiger partial charge is 0.0940 e. The monoisotopic (exact) mass is 290 g/mol. The van der Waals surface area contributed by atoms with Crippen molar-refractivity contribution in [2.24, 2.45) is 29.6 Å². The van der Waals surface area contributed by atoms with E-state index in [4.69, 9.17) is 0 Å². The highest BCUT2D eigenvalue weighted by Gasteiger charge is 2.50. The summed E-state index contributed by atoms with van der Waals surface area (Å²) in [5, 5.41) is 7.26. The van der Waals surface area contributed by atoms with Gasteiger partial charge in [0.05, 0.1) is 5.01 Å². The number of nitrogens with one attached hydrogen (secondary N) is 1. The molecule has 5 rings (SSSR count). The molecule has 0 amide bonds. The maximum Gasteiger partial charge on any atom is 0.0940 e. The topological polar surface area (TPSA) is 24.9 Å². The fourth-order valence-electron chi connectivity index (χ4n) is 5.77. The van der Waals surface area contributed by atoms with Crippen molar-refractivity contribution in [3.05, 3.63) is 16.6 Å². The zero-order valence-electron chi connectivity index (χ0n) is 12.4. The highest BCUT2D eigenvalue weighted by atomic mass is 32.1. The van der Waals surface area contributed by atoms with Crippen molar-refractivity contribution in [2.75, 3.05) is 6.54 Å². The van der Waals surface area contributed by atoms with Gasteiger partial charge in [-0.3, -0.25) is 0 Å². The van der Waals surface area contributed by atoms with E-state index in [1.807, 2.05) is 17.5 Å². The van der Waals surface area contributed by atoms with Crippen molar-refractivity contribution < 1.29 is 0 Å². The average Bonchev–Trinajstić information content (AvgIpc) is 2.90. The van der Waals surface area contributed by atoms with Gasteiger partial charge in [0, 0.05) is 24.0 Å². The van der Waals surface area contributed by atoms with Gasteiger partial charge in [-0.05, 0) is 68.2 Å². The van der Waals surface area contributed by atoms with Crippen molar-refractivity contribution >= 4 is 11.3 Å². The van der Waals surface area contributed by atoms with E-state index in [9.17, 15) is 0 Å². The van der Waals surface area contributed by atoms with Crippen LogP contribution in [0.1, 0.15) is 44.0 Å². The van der Waals surface area contributed by atoms with Crippen LogP contribution in [0.15, 0.2) is 11.6 Å². The summed E-state index contributed by atoms with van der Waals surface area (Å²) in [6.45, 7) is 3.35. The number of rotatable bonds is 5. The fraction of sp³-hybridized carbons (Fsp3) is 0.824. The molecule has 1 atom stereocenters. The van der Waals surface area contributed by atoms with Crippen LogP contribution in [0.4, 0.5) is 0 Å². The van der Waals surface area contributed by atoms with Crippen LogP contribution in [0.3, 0.4) is 0 Å². The highest BCUT2D eigenvalue weighted by Crippen LogP contribution is 2.57. The molecule has 20 heavy (non-hydrogen) atoms. The molecule has 4 aliphatic rings. The number of likely N-dealkylation sites (N-methyl/N-ethyl adjacent to an activating group) is 1. The van der Waals surface area contributed by atoms with Gasteiger partial charge in [-0.15, -0.1) is 11.3 Å². The number of hydrogen-bond acceptors (Lipinski definition) is 3. The van der Waals surface area contributed by atoms with E-state index in [0.29, 0.717) is 6.04 Å². The minimum absolute atomic E-state index is 0.668. The maximum atomic E-state index is 4.53. The van der Waals surface area contributed by atoms with E-state index in [-0.39, 0.29) is 0 Å². The predicted molar refractivity (Wildman–Crippen MR) is 83.8 cm³/mol. The fourth-order valence-corrected chi connectivity index (χ4v) is 6.45. The lowest BCUT2D eigenvalue weighted by atomic mass is 9.50. The van der Waals surface area contributed by atoms with Crippen molar-refractivity contribution in [3.63, 3.8) is 0 Å². The van der Waals surface area contributed by atoms with Gasteiger partial charge >= 0.3 is 0 Å². The van der Waals surface area contributed by atoms with E-state index >= 15 is 0 Å². The van der Waals surface area contributed by atoms with Crippen LogP contribution < -0.4 is 5.32 Å². The molecule has 1 heterocycles. The van der Waals surface area contributed by atoms with Crippen molar-refractivity contribution in [1.82, 2.24) is 10.3 Å². The lowest BCUT2D eigenvalue weighted by Crippen LogP contribution is -2.53. The summed E-state index contributed by atoms with van der Waals surface area (Å²) in [6.07, 6.45) is 10.8. The molecule has 4 fully saturated rings. The maximum absolute atomic E-state index is 4.53. The largest absolute Gasteiger partial charge is 0.314 e. The van der Waals surface area contributed by atoms with Gasteiger partial charge in [0.2, 0.25) is 0 Å². The van der Waals surface area contributed by atoms with Gasteiger partial charge in [-0.2, -0.15) is 0 Å². The quantitative estimate of drug-likeness (QED) is 0.893. The summed E-state index contributed by atoms with van der Waals surface area (Å²) in [7, 11) is 0. The van der Waals surface area contributed by atoms with Crippen molar-refractivity contribution in [3.8, 4) is 0 Å². The standard InChI is InChI=1S/C17H26N2S/c1-2-18-15(10-16-19-3-4-20-16)17-13-6-11-5-12(8-13)9-14(17)7-11/h3-4,11-15,17-18H,2,5-10H2,1H3. The third-order valence-electron chi connectivity index (χ3n) is 6.11. The number of nitrogens with zero attached hydrogens (tertiary/aromatic N) is 1. The minimum atomic E-state index is 0.668. The van der Waals surface area contributed by atoms with Gasteiger partial charge in [-0.25, -0.2) is 4.98 Å². The van der Waals surface area contributed by atoms with Crippen LogP contribution in [0.5, 0.6) is 0 Å². The van der Waals surface area contributed by atoms with Crippen LogP contribution in [0, 0.1) is 29.6 Å². The summed E-state index contributed by atoms with van der Waals surface area (Å²) < 4.78 is 0. The summed E-state index contributed by atoms with van der Waals surface area (Å²) in [6, 6.07) is 0.668. The first kappa shape index (κ1) is 13.3. The Morgan fingerprint density at radius 2 is 1.90 bits per heavy atom. The molecule has 1 N–H and O–H groups in total. The Morgan fingerprint density at radius 3 is 2.45 bits per heavy atom. The van der Waals surface area contributed by atoms with E-state index in [2.05, 4.69) is 22.6 Å². The molecule has 0 spiro atoms. The lowest BCUT2D eigenvalue weighted by Gasteiger charge is -2.56. The highest BCUT2D eigenvalue weighted by molar-refractivity contribution is 7.09. The van der Waals surface area contributed by atoms with Gasteiger partial charge in [0.25, 0.3) is 0 Å². The molecule has 4 saturated carbocycles. The Hall–Kier alpha value is -0.410. The second kappa shape index (κ2) is 5.42. The third kappa shape index (κ3) is 2.33. The molecule has 0 radical (unpaired) electrons. The van der Waals surface area contributed by atoms with Crippen LogP contribution in [0.2, 0.25) is 0 Å². The summed E-state index contributed by atoms with van der Waals surface area (Å²) >= 11 is 1.83. The zero-order valence-corrected chi connectivity index (χ0v) is 13.2. The molecular weight excluding hydrogens is 264 g/mol. The predicted octanol–water partition coefficient (Wildman–Crippen LogP) is 3.74. The van der Waals surface area contributed by atoms with E-state index in [1.165, 1.54) is 30.7 Å². The minimum Gasteiger partial charge on any atom is -0.314 e. The first-order chi connectivity index (χ1) is 9.83. The van der Waals surface area contributed by atoms with Crippen LogP contribution >= 0.6 is 11.3 Å². The molecule has 2 nitrogen and oxygen atoms in total. The second-order valence-electron chi connectivity index (χ2n) is 7.30. The zero-order chi connectivity index (χ0) is 13.5. The number of aromatic nitrogens is 1. The molecular formula is C17H26N2S. The van der Waals surface area contributed by atoms with Gasteiger partial charge in [-0.1, -0.05) is 6.92 Å². The first-order valence-electron chi connectivity index (χ1n) is 8.45. The molecule has 1 unspecified atom stereocenters. The van der Waals surface area contributed by atoms with Crippen molar-refractivity contribution in [2.45, 2.75) is 51.5 Å². The number of hydrogen-bond donors (Lipinski definition) is 1. The molecule has 3 heteroatoms. The Kier molecular flexibility index (Phi) is 3.59. The third-order valence-corrected chi connectivity index (χ3v) is 6.91. The molecule has 1 aromatic rings. The summed E-state index contributed by atoms with van der Waals surface area (Å²) in [4.78, 5) is 4.53. The molecule has 0 aliphatic heterocycles. The molecule has 4 aliphatic carbocycles. The molecule has 1 aromatic heterocycles. The number of thiazole rings is 1. The molecule has 0 aromatic carbocycles. The van der Waals surface area contributed by atoms with Gasteiger partial charge in [0.15, 0.2) is 0 Å². The van der Waals surface area contributed by atoms with Gasteiger partial charge in [0.1, 0.15) is 0 Å². The second-order valence-corrected chi connectivity index (χ2v) is 8.28. The summed E-state index contributed by atoms with van der Waals surface area (Å²) in [5.74, 6) is 5.10. The van der Waals surface area contributed by atoms with E-state index in [0.717, 1.165) is 42.6 Å². The molecule has 110 valence electrons. The van der Waals surface area contributed by atoms with E-state index < -0.39 is 0 Å².